The van der Waals surface area contributed by atoms with Crippen LogP contribution in [0.25, 0.3) is 0 Å². The van der Waals surface area contributed by atoms with Crippen molar-refractivity contribution in [2.45, 2.75) is 45.3 Å². The van der Waals surface area contributed by atoms with Crippen LogP contribution in [-0.4, -0.2) is 61.4 Å². The molecule has 5 N–H and O–H groups in total. The van der Waals surface area contributed by atoms with Gasteiger partial charge in [0.25, 0.3) is 5.91 Å². The molecule has 162 valence electrons. The highest BCUT2D eigenvalue weighted by molar-refractivity contribution is 14.0. The summed E-state index contributed by atoms with van der Waals surface area (Å²) in [6, 6.07) is 8.23. The Morgan fingerprint density at radius 1 is 1.17 bits per heavy atom. The first kappa shape index (κ1) is 25.2. The van der Waals surface area contributed by atoms with Gasteiger partial charge in [0.05, 0.1) is 6.54 Å². The van der Waals surface area contributed by atoms with E-state index in [2.05, 4.69) is 39.7 Å². The van der Waals surface area contributed by atoms with Crippen molar-refractivity contribution in [1.82, 2.24) is 20.9 Å². The molecule has 1 aromatic carbocycles. The van der Waals surface area contributed by atoms with E-state index in [1.807, 2.05) is 12.1 Å². The molecule has 29 heavy (non-hydrogen) atoms. The normalized spacial score (nSPS) is 15.5. The van der Waals surface area contributed by atoms with Crippen LogP contribution in [0.1, 0.15) is 42.6 Å². The maximum absolute atomic E-state index is 11.9. The number of nitrogens with zero attached hydrogens (tertiary/aromatic N) is 2. The number of piperidine rings is 1. The van der Waals surface area contributed by atoms with Gasteiger partial charge in [-0.1, -0.05) is 12.1 Å². The highest BCUT2D eigenvalue weighted by Gasteiger charge is 2.21. The van der Waals surface area contributed by atoms with E-state index in [-0.39, 0.29) is 36.4 Å². The second-order valence-corrected chi connectivity index (χ2v) is 7.32. The van der Waals surface area contributed by atoms with Gasteiger partial charge in [-0.05, 0) is 44.4 Å². The quantitative estimate of drug-likeness (QED) is 0.246. The molecule has 1 aliphatic heterocycles. The molecule has 0 aliphatic carbocycles. The Morgan fingerprint density at radius 2 is 1.79 bits per heavy atom. The van der Waals surface area contributed by atoms with Crippen molar-refractivity contribution in [3.8, 4) is 0 Å². The van der Waals surface area contributed by atoms with Gasteiger partial charge < -0.3 is 26.6 Å². The van der Waals surface area contributed by atoms with Gasteiger partial charge in [0, 0.05) is 44.3 Å². The summed E-state index contributed by atoms with van der Waals surface area (Å²) in [4.78, 5) is 29.4. The number of guanidine groups is 1. The zero-order chi connectivity index (χ0) is 20.5. The number of nitrogens with two attached hydrogens (primary N) is 1. The summed E-state index contributed by atoms with van der Waals surface area (Å²) in [6.07, 6.45) is 2.21. The van der Waals surface area contributed by atoms with Crippen LogP contribution in [0.5, 0.6) is 0 Å². The number of carbonyl (C=O) groups excluding carboxylic acids is 2. The SMILES string of the molecule is CN=C(NCc1ccc(C(=O)NCC(N)=O)cc1)NC1CCN(C(C)C)CC1.I. The van der Waals surface area contributed by atoms with Gasteiger partial charge in [-0.2, -0.15) is 0 Å². The van der Waals surface area contributed by atoms with E-state index in [1.54, 1.807) is 19.2 Å². The van der Waals surface area contributed by atoms with E-state index in [9.17, 15) is 9.59 Å². The van der Waals surface area contributed by atoms with Crippen molar-refractivity contribution in [2.24, 2.45) is 10.7 Å². The Morgan fingerprint density at radius 3 is 2.31 bits per heavy atom. The van der Waals surface area contributed by atoms with Gasteiger partial charge in [-0.3, -0.25) is 14.6 Å². The van der Waals surface area contributed by atoms with Gasteiger partial charge in [0.1, 0.15) is 0 Å². The predicted octanol–water partition coefficient (Wildman–Crippen LogP) is 1.06. The van der Waals surface area contributed by atoms with E-state index in [0.29, 0.717) is 24.2 Å². The van der Waals surface area contributed by atoms with Gasteiger partial charge in [-0.15, -0.1) is 24.0 Å². The van der Waals surface area contributed by atoms with Crippen molar-refractivity contribution in [3.05, 3.63) is 35.4 Å². The average Bonchev–Trinajstić information content (AvgIpc) is 2.70. The first-order chi connectivity index (χ1) is 13.4. The lowest BCUT2D eigenvalue weighted by Crippen LogP contribution is -2.49. The Bertz CT molecular complexity index is 685. The lowest BCUT2D eigenvalue weighted by atomic mass is 10.0. The van der Waals surface area contributed by atoms with Crippen LogP contribution in [0.15, 0.2) is 29.3 Å². The largest absolute Gasteiger partial charge is 0.368 e. The van der Waals surface area contributed by atoms with Gasteiger partial charge >= 0.3 is 0 Å². The highest BCUT2D eigenvalue weighted by atomic mass is 127. The lowest BCUT2D eigenvalue weighted by Gasteiger charge is -2.35. The Hall–Kier alpha value is -1.88. The molecule has 8 nitrogen and oxygen atoms in total. The molecule has 9 heteroatoms. The summed E-state index contributed by atoms with van der Waals surface area (Å²) in [5.41, 5.74) is 6.55. The fraction of sp³-hybridized carbons (Fsp3) is 0.550. The minimum Gasteiger partial charge on any atom is -0.368 e. The van der Waals surface area contributed by atoms with Gasteiger partial charge in [0.2, 0.25) is 5.91 Å². The number of hydrogen-bond acceptors (Lipinski definition) is 4. The monoisotopic (exact) mass is 516 g/mol. The van der Waals surface area contributed by atoms with Crippen molar-refractivity contribution in [3.63, 3.8) is 0 Å². The maximum Gasteiger partial charge on any atom is 0.251 e. The molecule has 1 fully saturated rings. The standard InChI is InChI=1S/C20H32N6O2.HI/c1-14(2)26-10-8-17(9-11-26)25-20(22-3)24-12-15-4-6-16(7-5-15)19(28)23-13-18(21)27;/h4-7,14,17H,8-13H2,1-3H3,(H2,21,27)(H,23,28)(H2,22,24,25);1H. The second kappa shape index (κ2) is 12.6. The molecule has 0 spiro atoms. The van der Waals surface area contributed by atoms with Crippen LogP contribution in [0, 0.1) is 0 Å². The maximum atomic E-state index is 11.9. The van der Waals surface area contributed by atoms with Crippen molar-refractivity contribution >= 4 is 41.8 Å². The number of halogens is 1. The van der Waals surface area contributed by atoms with E-state index in [1.165, 1.54) is 0 Å². The molecule has 1 heterocycles. The van der Waals surface area contributed by atoms with Gasteiger partial charge in [-0.25, -0.2) is 0 Å². The Labute approximate surface area is 190 Å². The third-order valence-corrected chi connectivity index (χ3v) is 4.92. The molecule has 0 bridgehead atoms. The van der Waals surface area contributed by atoms with Crippen LogP contribution in [0.4, 0.5) is 0 Å². The van der Waals surface area contributed by atoms with E-state index in [4.69, 9.17) is 5.73 Å². The Balaban J connectivity index is 0.00000420. The fourth-order valence-electron chi connectivity index (χ4n) is 3.18. The molecule has 0 saturated carbocycles. The molecular formula is C20H33IN6O2. The summed E-state index contributed by atoms with van der Waals surface area (Å²) < 4.78 is 0. The summed E-state index contributed by atoms with van der Waals surface area (Å²) in [5, 5.41) is 9.29. The van der Waals surface area contributed by atoms with Crippen LogP contribution in [0.2, 0.25) is 0 Å². The minimum atomic E-state index is -0.567. The predicted molar refractivity (Wildman–Crippen MR) is 126 cm³/mol. The summed E-state index contributed by atoms with van der Waals surface area (Å²) in [5.74, 6) is -0.0993. The van der Waals surface area contributed by atoms with Crippen molar-refractivity contribution in [2.75, 3.05) is 26.7 Å². The molecular weight excluding hydrogens is 483 g/mol. The number of carbonyl (C=O) groups is 2. The number of amides is 2. The molecule has 0 unspecified atom stereocenters. The van der Waals surface area contributed by atoms with Crippen molar-refractivity contribution in [1.29, 1.82) is 0 Å². The molecule has 0 aromatic heterocycles. The number of hydrogen-bond donors (Lipinski definition) is 4. The molecule has 2 rings (SSSR count). The molecule has 1 saturated heterocycles. The average molecular weight is 516 g/mol. The summed E-state index contributed by atoms with van der Waals surface area (Å²) in [7, 11) is 1.77. The van der Waals surface area contributed by atoms with Crippen LogP contribution in [-0.2, 0) is 11.3 Å². The minimum absolute atomic E-state index is 0. The van der Waals surface area contributed by atoms with E-state index < -0.39 is 5.91 Å². The zero-order valence-electron chi connectivity index (χ0n) is 17.4. The van der Waals surface area contributed by atoms with Crippen LogP contribution in [0.3, 0.4) is 0 Å². The number of primary amides is 1. The molecule has 0 radical (unpaired) electrons. The number of benzene rings is 1. The van der Waals surface area contributed by atoms with Crippen LogP contribution >= 0.6 is 24.0 Å². The number of likely N-dealkylation sites (tertiary alicyclic amines) is 1. The lowest BCUT2D eigenvalue weighted by molar-refractivity contribution is -0.117. The molecule has 0 atom stereocenters. The summed E-state index contributed by atoms with van der Waals surface area (Å²) >= 11 is 0. The fourth-order valence-corrected chi connectivity index (χ4v) is 3.18. The number of aliphatic imine (C=N–C) groups is 1. The summed E-state index contributed by atoms with van der Waals surface area (Å²) in [6.45, 7) is 7.12. The number of rotatable bonds is 7. The Kier molecular flexibility index (Phi) is 11.0. The first-order valence-corrected chi connectivity index (χ1v) is 9.75. The third-order valence-electron chi connectivity index (χ3n) is 4.92. The van der Waals surface area contributed by atoms with E-state index >= 15 is 0 Å². The van der Waals surface area contributed by atoms with Crippen molar-refractivity contribution < 1.29 is 9.59 Å². The molecule has 2 amide bonds. The molecule has 1 aliphatic rings. The van der Waals surface area contributed by atoms with Crippen LogP contribution < -0.4 is 21.7 Å². The number of nitrogens with one attached hydrogen (secondary N) is 3. The van der Waals surface area contributed by atoms with E-state index in [0.717, 1.165) is 37.5 Å². The topological polar surface area (TPSA) is 112 Å². The second-order valence-electron chi connectivity index (χ2n) is 7.32. The first-order valence-electron chi connectivity index (χ1n) is 9.75. The third kappa shape index (κ3) is 8.57. The zero-order valence-corrected chi connectivity index (χ0v) is 19.7. The van der Waals surface area contributed by atoms with Gasteiger partial charge in [0.15, 0.2) is 5.96 Å². The highest BCUT2D eigenvalue weighted by Crippen LogP contribution is 2.13. The molecule has 1 aromatic rings. The smallest absolute Gasteiger partial charge is 0.251 e.